The minimum Gasteiger partial charge on any atom is -0.392 e. The van der Waals surface area contributed by atoms with Crippen molar-refractivity contribution >= 4 is 0 Å². The summed E-state index contributed by atoms with van der Waals surface area (Å²) in [5.74, 6) is 0. The van der Waals surface area contributed by atoms with Gasteiger partial charge in [-0.25, -0.2) is 0 Å². The third-order valence-corrected chi connectivity index (χ3v) is 4.10. The molecular weight excluding hydrogens is 208 g/mol. The highest BCUT2D eigenvalue weighted by Crippen LogP contribution is 2.44. The first-order chi connectivity index (χ1) is 8.27. The molecule has 0 radical (unpaired) electrons. The molecule has 1 aliphatic carbocycles. The van der Waals surface area contributed by atoms with Gasteiger partial charge in [0.15, 0.2) is 0 Å². The molecule has 1 unspecified atom stereocenters. The zero-order valence-electron chi connectivity index (χ0n) is 10.4. The second kappa shape index (κ2) is 5.50. The fourth-order valence-corrected chi connectivity index (χ4v) is 3.12. The summed E-state index contributed by atoms with van der Waals surface area (Å²) in [4.78, 5) is 0. The summed E-state index contributed by atoms with van der Waals surface area (Å²) in [6.07, 6.45) is 8.13. The Morgan fingerprint density at radius 1 is 1.24 bits per heavy atom. The van der Waals surface area contributed by atoms with Gasteiger partial charge in [-0.05, 0) is 31.2 Å². The average molecular weight is 230 g/mol. The Morgan fingerprint density at radius 2 is 1.88 bits per heavy atom. The van der Waals surface area contributed by atoms with Crippen molar-refractivity contribution in [1.29, 1.82) is 0 Å². The minimum atomic E-state index is -0.234. The van der Waals surface area contributed by atoms with Crippen LogP contribution < -0.4 is 0 Å². The van der Waals surface area contributed by atoms with E-state index in [2.05, 4.69) is 30.8 Å². The normalized spacial score (nSPS) is 20.1. The lowest BCUT2D eigenvalue weighted by molar-refractivity contribution is 0.0308. The summed E-state index contributed by atoms with van der Waals surface area (Å²) in [6, 6.07) is 10.5. The Balaban J connectivity index is 2.14. The molecule has 0 saturated heterocycles. The van der Waals surface area contributed by atoms with E-state index in [0.717, 1.165) is 19.3 Å². The Morgan fingerprint density at radius 3 is 2.47 bits per heavy atom. The second-order valence-electron chi connectivity index (χ2n) is 5.27. The molecule has 1 fully saturated rings. The highest BCUT2D eigenvalue weighted by molar-refractivity contribution is 5.18. The van der Waals surface area contributed by atoms with E-state index < -0.39 is 0 Å². The van der Waals surface area contributed by atoms with Crippen LogP contribution in [0.3, 0.4) is 0 Å². The van der Waals surface area contributed by atoms with Crippen LogP contribution in [0.1, 0.15) is 37.7 Å². The molecule has 0 heterocycles. The third kappa shape index (κ3) is 2.78. The largest absolute Gasteiger partial charge is 0.392 e. The summed E-state index contributed by atoms with van der Waals surface area (Å²) in [7, 11) is 0. The van der Waals surface area contributed by atoms with E-state index >= 15 is 0 Å². The molecule has 1 N–H and O–H groups in total. The van der Waals surface area contributed by atoms with Gasteiger partial charge in [0.25, 0.3) is 0 Å². The van der Waals surface area contributed by atoms with Crippen molar-refractivity contribution in [3.05, 3.63) is 48.6 Å². The number of aliphatic hydroxyl groups excluding tert-OH is 1. The number of hydrogen-bond donors (Lipinski definition) is 1. The molecule has 1 aromatic carbocycles. The standard InChI is InChI=1S/C16H22O/c1-2-8-15(17)16(11-6-7-12-16)13-14-9-4-3-5-10-14/h2-5,9-10,15,17H,1,6-8,11-13H2. The summed E-state index contributed by atoms with van der Waals surface area (Å²) in [5, 5.41) is 10.4. The maximum atomic E-state index is 10.4. The highest BCUT2D eigenvalue weighted by Gasteiger charge is 2.39. The number of hydrogen-bond acceptors (Lipinski definition) is 1. The van der Waals surface area contributed by atoms with Crippen molar-refractivity contribution in [3.8, 4) is 0 Å². The van der Waals surface area contributed by atoms with E-state index in [0.29, 0.717) is 6.42 Å². The summed E-state index contributed by atoms with van der Waals surface area (Å²) < 4.78 is 0. The summed E-state index contributed by atoms with van der Waals surface area (Å²) in [5.41, 5.74) is 1.44. The molecule has 0 aromatic heterocycles. The zero-order chi connectivity index (χ0) is 12.1. The molecule has 1 atom stereocenters. The molecule has 17 heavy (non-hydrogen) atoms. The number of benzene rings is 1. The molecule has 0 amide bonds. The minimum absolute atomic E-state index is 0.0928. The molecule has 1 saturated carbocycles. The van der Waals surface area contributed by atoms with Gasteiger partial charge in [-0.3, -0.25) is 0 Å². The average Bonchev–Trinajstić information content (AvgIpc) is 2.80. The molecule has 1 aromatic rings. The van der Waals surface area contributed by atoms with E-state index in [9.17, 15) is 5.11 Å². The molecule has 0 aliphatic heterocycles. The van der Waals surface area contributed by atoms with Crippen LogP contribution in [0.5, 0.6) is 0 Å². The number of aliphatic hydroxyl groups is 1. The monoisotopic (exact) mass is 230 g/mol. The van der Waals surface area contributed by atoms with E-state index in [1.165, 1.54) is 18.4 Å². The Hall–Kier alpha value is -1.08. The van der Waals surface area contributed by atoms with Gasteiger partial charge < -0.3 is 5.11 Å². The molecule has 1 nitrogen and oxygen atoms in total. The number of rotatable bonds is 5. The lowest BCUT2D eigenvalue weighted by atomic mass is 9.74. The van der Waals surface area contributed by atoms with Crippen molar-refractivity contribution < 1.29 is 5.11 Å². The van der Waals surface area contributed by atoms with Crippen LogP contribution in [0.15, 0.2) is 43.0 Å². The van der Waals surface area contributed by atoms with E-state index in [1.54, 1.807) is 0 Å². The molecular formula is C16H22O. The first-order valence-corrected chi connectivity index (χ1v) is 6.60. The molecule has 0 spiro atoms. The quantitative estimate of drug-likeness (QED) is 0.764. The lowest BCUT2D eigenvalue weighted by Gasteiger charge is -2.34. The van der Waals surface area contributed by atoms with Crippen LogP contribution in [0.25, 0.3) is 0 Å². The lowest BCUT2D eigenvalue weighted by Crippen LogP contribution is -2.34. The maximum absolute atomic E-state index is 10.4. The van der Waals surface area contributed by atoms with E-state index in [4.69, 9.17) is 0 Å². The van der Waals surface area contributed by atoms with Crippen molar-refractivity contribution in [2.75, 3.05) is 0 Å². The van der Waals surface area contributed by atoms with E-state index in [1.807, 2.05) is 12.1 Å². The zero-order valence-corrected chi connectivity index (χ0v) is 10.4. The summed E-state index contributed by atoms with van der Waals surface area (Å²) >= 11 is 0. The molecule has 1 aliphatic rings. The van der Waals surface area contributed by atoms with Gasteiger partial charge in [0.1, 0.15) is 0 Å². The van der Waals surface area contributed by atoms with Crippen LogP contribution in [0.2, 0.25) is 0 Å². The first-order valence-electron chi connectivity index (χ1n) is 6.60. The van der Waals surface area contributed by atoms with Gasteiger partial charge in [0.2, 0.25) is 0 Å². The molecule has 0 bridgehead atoms. The SMILES string of the molecule is C=CCC(O)C1(Cc2ccccc2)CCCC1. The van der Waals surface area contributed by atoms with E-state index in [-0.39, 0.29) is 11.5 Å². The van der Waals surface area contributed by atoms with Crippen LogP contribution in [-0.4, -0.2) is 11.2 Å². The Bertz CT molecular complexity index is 349. The Kier molecular flexibility index (Phi) is 4.01. The first kappa shape index (κ1) is 12.4. The smallest absolute Gasteiger partial charge is 0.0633 e. The molecule has 92 valence electrons. The highest BCUT2D eigenvalue weighted by atomic mass is 16.3. The van der Waals surface area contributed by atoms with Crippen molar-refractivity contribution in [2.24, 2.45) is 5.41 Å². The van der Waals surface area contributed by atoms with Gasteiger partial charge >= 0.3 is 0 Å². The van der Waals surface area contributed by atoms with Crippen LogP contribution in [0, 0.1) is 5.41 Å². The van der Waals surface area contributed by atoms with Gasteiger partial charge in [-0.15, -0.1) is 6.58 Å². The van der Waals surface area contributed by atoms with Crippen LogP contribution in [0.4, 0.5) is 0 Å². The molecule has 1 heteroatoms. The third-order valence-electron chi connectivity index (χ3n) is 4.10. The van der Waals surface area contributed by atoms with Crippen LogP contribution >= 0.6 is 0 Å². The Labute approximate surface area is 104 Å². The molecule has 2 rings (SSSR count). The van der Waals surface area contributed by atoms with Crippen LogP contribution in [-0.2, 0) is 6.42 Å². The van der Waals surface area contributed by atoms with Crippen molar-refractivity contribution in [2.45, 2.75) is 44.6 Å². The van der Waals surface area contributed by atoms with Gasteiger partial charge in [-0.2, -0.15) is 0 Å². The summed E-state index contributed by atoms with van der Waals surface area (Å²) in [6.45, 7) is 3.75. The maximum Gasteiger partial charge on any atom is 0.0633 e. The van der Waals surface area contributed by atoms with Gasteiger partial charge in [0, 0.05) is 5.41 Å². The van der Waals surface area contributed by atoms with Gasteiger partial charge in [-0.1, -0.05) is 49.2 Å². The topological polar surface area (TPSA) is 20.2 Å². The van der Waals surface area contributed by atoms with Gasteiger partial charge in [0.05, 0.1) is 6.10 Å². The second-order valence-corrected chi connectivity index (χ2v) is 5.27. The van der Waals surface area contributed by atoms with Crippen molar-refractivity contribution in [1.82, 2.24) is 0 Å². The predicted molar refractivity (Wildman–Crippen MR) is 71.9 cm³/mol. The van der Waals surface area contributed by atoms with Crippen molar-refractivity contribution in [3.63, 3.8) is 0 Å². The predicted octanol–water partition coefficient (Wildman–Crippen LogP) is 3.73. The fourth-order valence-electron chi connectivity index (χ4n) is 3.12. The fraction of sp³-hybridized carbons (Fsp3) is 0.500.